The van der Waals surface area contributed by atoms with E-state index in [1.165, 1.54) is 0 Å². The second-order valence-electron chi connectivity index (χ2n) is 5.37. The minimum absolute atomic E-state index is 0.0347. The fourth-order valence-electron chi connectivity index (χ4n) is 2.86. The molecule has 3 aromatic rings. The smallest absolute Gasteiger partial charge is 0.295 e. The monoisotopic (exact) mass is 309 g/mol. The molecule has 0 saturated heterocycles. The molecular weight excluding hydrogens is 294 g/mol. The highest BCUT2D eigenvalue weighted by molar-refractivity contribution is 7.18. The third kappa shape index (κ3) is 1.89. The van der Waals surface area contributed by atoms with Gasteiger partial charge in [0.15, 0.2) is 0 Å². The van der Waals surface area contributed by atoms with Crippen molar-refractivity contribution in [3.8, 4) is 5.69 Å². The minimum atomic E-state index is -0.0347. The maximum atomic E-state index is 12.7. The zero-order valence-electron chi connectivity index (χ0n) is 12.4. The Morgan fingerprint density at radius 1 is 1.18 bits per heavy atom. The van der Waals surface area contributed by atoms with Gasteiger partial charge in [-0.05, 0) is 43.7 Å². The van der Waals surface area contributed by atoms with E-state index in [4.69, 9.17) is 0 Å². The molecule has 0 amide bonds. The maximum absolute atomic E-state index is 12.7. The van der Waals surface area contributed by atoms with Crippen molar-refractivity contribution < 1.29 is 0 Å². The van der Waals surface area contributed by atoms with Crippen LogP contribution in [0, 0.1) is 6.92 Å². The summed E-state index contributed by atoms with van der Waals surface area (Å²) in [5.41, 5.74) is 3.63. The lowest BCUT2D eigenvalue weighted by molar-refractivity contribution is 0.818. The number of aromatic nitrogens is 3. The van der Waals surface area contributed by atoms with Gasteiger partial charge in [-0.25, -0.2) is 9.78 Å². The molecule has 4 nitrogen and oxygen atoms in total. The van der Waals surface area contributed by atoms with Crippen molar-refractivity contribution in [3.63, 3.8) is 0 Å². The number of hydrogen-bond donors (Lipinski definition) is 0. The molecule has 110 valence electrons. The molecule has 0 saturated carbocycles. The second-order valence-corrected chi connectivity index (χ2v) is 6.61. The van der Waals surface area contributed by atoms with Crippen LogP contribution >= 0.6 is 11.3 Å². The molecule has 2 aromatic heterocycles. The highest BCUT2D eigenvalue weighted by atomic mass is 32.1. The largest absolute Gasteiger partial charge is 0.333 e. The van der Waals surface area contributed by atoms with Crippen LogP contribution in [0.15, 0.2) is 35.1 Å². The van der Waals surface area contributed by atoms with E-state index in [-0.39, 0.29) is 5.69 Å². The normalized spacial score (nSPS) is 13.5. The first kappa shape index (κ1) is 13.3. The van der Waals surface area contributed by atoms with Crippen LogP contribution in [0.4, 0.5) is 0 Å². The highest BCUT2D eigenvalue weighted by Crippen LogP contribution is 2.25. The summed E-state index contributed by atoms with van der Waals surface area (Å²) in [6, 6.07) is 6.02. The number of aryl methyl sites for hydroxylation is 1. The predicted octanol–water partition coefficient (Wildman–Crippen LogP) is 3.52. The first-order valence-electron chi connectivity index (χ1n) is 7.17. The molecule has 2 heterocycles. The SMILES string of the molecule is Cc1nc2cc(-n3c4c(n(C)c3=O)C=CCC=C4)ccc2s1. The van der Waals surface area contributed by atoms with E-state index in [1.54, 1.807) is 20.5 Å². The summed E-state index contributed by atoms with van der Waals surface area (Å²) >= 11 is 1.67. The summed E-state index contributed by atoms with van der Waals surface area (Å²) < 4.78 is 4.60. The van der Waals surface area contributed by atoms with E-state index in [2.05, 4.69) is 17.1 Å². The van der Waals surface area contributed by atoms with Crippen LogP contribution < -0.4 is 5.69 Å². The Hall–Kier alpha value is -2.40. The third-order valence-electron chi connectivity index (χ3n) is 3.90. The Labute approximate surface area is 131 Å². The van der Waals surface area contributed by atoms with Gasteiger partial charge >= 0.3 is 5.69 Å². The van der Waals surface area contributed by atoms with E-state index in [0.29, 0.717) is 0 Å². The summed E-state index contributed by atoms with van der Waals surface area (Å²) in [6.45, 7) is 2.00. The molecular formula is C17H15N3OS. The van der Waals surface area contributed by atoms with Gasteiger partial charge in [0.25, 0.3) is 0 Å². The van der Waals surface area contributed by atoms with Crippen molar-refractivity contribution in [2.75, 3.05) is 0 Å². The quantitative estimate of drug-likeness (QED) is 0.690. The third-order valence-corrected chi connectivity index (χ3v) is 4.85. The molecule has 4 rings (SSSR count). The molecule has 0 N–H and O–H groups in total. The summed E-state index contributed by atoms with van der Waals surface area (Å²) in [5.74, 6) is 0. The molecule has 1 aromatic carbocycles. The van der Waals surface area contributed by atoms with Gasteiger partial charge in [0, 0.05) is 7.05 Å². The Balaban J connectivity index is 2.02. The Morgan fingerprint density at radius 2 is 1.95 bits per heavy atom. The molecule has 0 unspecified atom stereocenters. The lowest BCUT2D eigenvalue weighted by Gasteiger charge is -2.04. The number of hydrogen-bond acceptors (Lipinski definition) is 3. The molecule has 0 atom stereocenters. The topological polar surface area (TPSA) is 39.8 Å². The van der Waals surface area contributed by atoms with Crippen LogP contribution in [-0.2, 0) is 7.05 Å². The van der Waals surface area contributed by atoms with Crippen LogP contribution in [0.3, 0.4) is 0 Å². The number of nitrogens with zero attached hydrogens (tertiary/aromatic N) is 3. The molecule has 0 bridgehead atoms. The average Bonchev–Trinajstić information content (AvgIpc) is 2.85. The lowest BCUT2D eigenvalue weighted by atomic mass is 10.2. The predicted molar refractivity (Wildman–Crippen MR) is 91.6 cm³/mol. The van der Waals surface area contributed by atoms with Crippen molar-refractivity contribution in [2.24, 2.45) is 7.05 Å². The first-order valence-corrected chi connectivity index (χ1v) is 7.99. The van der Waals surface area contributed by atoms with Gasteiger partial charge in [0.1, 0.15) is 0 Å². The Kier molecular flexibility index (Phi) is 2.90. The standard InChI is InChI=1S/C17H15N3OS/c1-11-18-13-10-12(8-9-16(13)22-11)20-15-7-5-3-4-6-14(15)19(2)17(20)21/h4-10H,3H2,1-2H3. The van der Waals surface area contributed by atoms with Gasteiger partial charge in [-0.15, -0.1) is 11.3 Å². The van der Waals surface area contributed by atoms with E-state index >= 15 is 0 Å². The van der Waals surface area contributed by atoms with Crippen LogP contribution in [-0.4, -0.2) is 14.1 Å². The average molecular weight is 309 g/mol. The van der Waals surface area contributed by atoms with Gasteiger partial charge in [-0.1, -0.05) is 12.2 Å². The maximum Gasteiger partial charge on any atom is 0.333 e. The van der Waals surface area contributed by atoms with Gasteiger partial charge in [-0.2, -0.15) is 0 Å². The van der Waals surface area contributed by atoms with Gasteiger partial charge < -0.3 is 0 Å². The molecule has 1 aliphatic rings. The molecule has 5 heteroatoms. The van der Waals surface area contributed by atoms with Gasteiger partial charge in [0.05, 0.1) is 32.3 Å². The number of benzene rings is 1. The van der Waals surface area contributed by atoms with Crippen molar-refractivity contribution in [2.45, 2.75) is 13.3 Å². The van der Waals surface area contributed by atoms with Gasteiger partial charge in [-0.3, -0.25) is 9.13 Å². The van der Waals surface area contributed by atoms with Crippen LogP contribution in [0.2, 0.25) is 0 Å². The van der Waals surface area contributed by atoms with E-state index in [0.717, 1.165) is 38.7 Å². The Morgan fingerprint density at radius 3 is 2.77 bits per heavy atom. The lowest BCUT2D eigenvalue weighted by Crippen LogP contribution is -2.21. The molecule has 0 fully saturated rings. The van der Waals surface area contributed by atoms with Crippen LogP contribution in [0.5, 0.6) is 0 Å². The van der Waals surface area contributed by atoms with Crippen molar-refractivity contribution in [1.29, 1.82) is 0 Å². The summed E-state index contributed by atoms with van der Waals surface area (Å²) in [7, 11) is 1.81. The number of thiazole rings is 1. The van der Waals surface area contributed by atoms with E-state index < -0.39 is 0 Å². The zero-order valence-corrected chi connectivity index (χ0v) is 13.2. The van der Waals surface area contributed by atoms with Crippen LogP contribution in [0.25, 0.3) is 28.1 Å². The van der Waals surface area contributed by atoms with Crippen molar-refractivity contribution in [1.82, 2.24) is 14.1 Å². The number of rotatable bonds is 1. The molecule has 0 spiro atoms. The van der Waals surface area contributed by atoms with Crippen molar-refractivity contribution in [3.05, 3.63) is 57.2 Å². The summed E-state index contributed by atoms with van der Waals surface area (Å²) in [6.07, 6.45) is 9.06. The van der Waals surface area contributed by atoms with Crippen LogP contribution in [0.1, 0.15) is 22.8 Å². The molecule has 22 heavy (non-hydrogen) atoms. The number of allylic oxidation sites excluding steroid dienone is 2. The first-order chi connectivity index (χ1) is 10.6. The molecule has 1 aliphatic carbocycles. The Bertz CT molecular complexity index is 1000. The number of imidazole rings is 1. The van der Waals surface area contributed by atoms with E-state index in [9.17, 15) is 4.79 Å². The van der Waals surface area contributed by atoms with E-state index in [1.807, 2.05) is 44.3 Å². The summed E-state index contributed by atoms with van der Waals surface area (Å²) in [5, 5.41) is 1.04. The summed E-state index contributed by atoms with van der Waals surface area (Å²) in [4.78, 5) is 17.2. The number of fused-ring (bicyclic) bond motifs is 2. The fourth-order valence-corrected chi connectivity index (χ4v) is 3.66. The second kappa shape index (κ2) is 4.81. The zero-order chi connectivity index (χ0) is 15.3. The van der Waals surface area contributed by atoms with Crippen molar-refractivity contribution >= 4 is 33.7 Å². The van der Waals surface area contributed by atoms with Gasteiger partial charge in [0.2, 0.25) is 0 Å². The fraction of sp³-hybridized carbons (Fsp3) is 0.176. The molecule has 0 radical (unpaired) electrons. The molecule has 0 aliphatic heterocycles. The minimum Gasteiger partial charge on any atom is -0.295 e. The highest BCUT2D eigenvalue weighted by Gasteiger charge is 2.16.